The van der Waals surface area contributed by atoms with Crippen LogP contribution >= 0.6 is 0 Å². The highest BCUT2D eigenvalue weighted by Gasteiger charge is 2.37. The molecule has 2 N–H and O–H groups in total. The largest absolute Gasteiger partial charge is 0.497 e. The van der Waals surface area contributed by atoms with Crippen LogP contribution in [0.4, 0.5) is 0 Å². The maximum absolute atomic E-state index is 6.17. The quantitative estimate of drug-likeness (QED) is 0.892. The van der Waals surface area contributed by atoms with Gasteiger partial charge in [-0.3, -0.25) is 0 Å². The number of rotatable bonds is 4. The molecule has 0 radical (unpaired) electrons. The van der Waals surface area contributed by atoms with Crippen molar-refractivity contribution in [1.82, 2.24) is 0 Å². The van der Waals surface area contributed by atoms with Gasteiger partial charge in [0.05, 0.1) is 13.2 Å². The zero-order valence-corrected chi connectivity index (χ0v) is 11.5. The van der Waals surface area contributed by atoms with Crippen LogP contribution in [0, 0.1) is 0 Å². The second kappa shape index (κ2) is 5.29. The van der Waals surface area contributed by atoms with E-state index in [0.717, 1.165) is 25.0 Å². The molecule has 1 aliphatic carbocycles. The zero-order chi connectivity index (χ0) is 13.2. The van der Waals surface area contributed by atoms with Gasteiger partial charge in [-0.2, -0.15) is 0 Å². The second-order valence-electron chi connectivity index (χ2n) is 5.24. The summed E-state index contributed by atoms with van der Waals surface area (Å²) in [6, 6.07) is 6.24. The van der Waals surface area contributed by atoms with Crippen molar-refractivity contribution in [2.24, 2.45) is 5.73 Å². The summed E-state index contributed by atoms with van der Waals surface area (Å²) in [5.41, 5.74) is 8.24. The standard InChI is InChI=1S/C15H23NO2/c1-11(2)18-15(10-16)8-4-5-12-6-7-13(17-3)9-14(12)15/h6-7,9,11H,4-5,8,10,16H2,1-3H3. The molecule has 1 aliphatic rings. The zero-order valence-electron chi connectivity index (χ0n) is 11.5. The molecule has 3 nitrogen and oxygen atoms in total. The molecule has 0 bridgehead atoms. The Hall–Kier alpha value is -1.06. The Morgan fingerprint density at radius 1 is 1.39 bits per heavy atom. The third-order valence-electron chi connectivity index (χ3n) is 3.63. The second-order valence-corrected chi connectivity index (χ2v) is 5.24. The minimum Gasteiger partial charge on any atom is -0.497 e. The van der Waals surface area contributed by atoms with Gasteiger partial charge in [0.1, 0.15) is 11.4 Å². The first-order chi connectivity index (χ1) is 8.61. The number of methoxy groups -OCH3 is 1. The summed E-state index contributed by atoms with van der Waals surface area (Å²) in [6.45, 7) is 4.64. The minimum absolute atomic E-state index is 0.172. The molecular weight excluding hydrogens is 226 g/mol. The van der Waals surface area contributed by atoms with Crippen LogP contribution in [-0.2, 0) is 16.8 Å². The molecular formula is C15H23NO2. The number of nitrogens with two attached hydrogens (primary N) is 1. The van der Waals surface area contributed by atoms with Crippen molar-refractivity contribution in [2.45, 2.75) is 44.8 Å². The van der Waals surface area contributed by atoms with Crippen LogP contribution < -0.4 is 10.5 Å². The van der Waals surface area contributed by atoms with Crippen molar-refractivity contribution in [3.8, 4) is 5.75 Å². The van der Waals surface area contributed by atoms with Gasteiger partial charge in [-0.1, -0.05) is 6.07 Å². The van der Waals surface area contributed by atoms with E-state index in [4.69, 9.17) is 15.2 Å². The summed E-state index contributed by atoms with van der Waals surface area (Å²) in [5.74, 6) is 0.876. The molecule has 0 aromatic heterocycles. The van der Waals surface area contributed by atoms with Crippen LogP contribution in [0.5, 0.6) is 5.75 Å². The summed E-state index contributed by atoms with van der Waals surface area (Å²) in [4.78, 5) is 0. The Balaban J connectivity index is 2.46. The van der Waals surface area contributed by atoms with E-state index in [0.29, 0.717) is 6.54 Å². The lowest BCUT2D eigenvalue weighted by atomic mass is 9.78. The van der Waals surface area contributed by atoms with Crippen molar-refractivity contribution in [3.05, 3.63) is 29.3 Å². The van der Waals surface area contributed by atoms with Crippen molar-refractivity contribution in [1.29, 1.82) is 0 Å². The summed E-state index contributed by atoms with van der Waals surface area (Å²) >= 11 is 0. The van der Waals surface area contributed by atoms with E-state index in [9.17, 15) is 0 Å². The first kappa shape index (κ1) is 13.4. The summed E-state index contributed by atoms with van der Waals surface area (Å²) < 4.78 is 11.5. The van der Waals surface area contributed by atoms with Crippen LogP contribution in [0.2, 0.25) is 0 Å². The monoisotopic (exact) mass is 249 g/mol. The molecule has 1 aromatic rings. The maximum atomic E-state index is 6.17. The lowest BCUT2D eigenvalue weighted by Gasteiger charge is -2.39. The van der Waals surface area contributed by atoms with Gasteiger partial charge >= 0.3 is 0 Å². The van der Waals surface area contributed by atoms with Crippen molar-refractivity contribution in [3.63, 3.8) is 0 Å². The van der Waals surface area contributed by atoms with Crippen LogP contribution in [0.25, 0.3) is 0 Å². The molecule has 0 amide bonds. The van der Waals surface area contributed by atoms with E-state index in [2.05, 4.69) is 26.0 Å². The maximum Gasteiger partial charge on any atom is 0.119 e. The van der Waals surface area contributed by atoms with E-state index >= 15 is 0 Å². The first-order valence-corrected chi connectivity index (χ1v) is 6.66. The van der Waals surface area contributed by atoms with Crippen LogP contribution in [-0.4, -0.2) is 19.8 Å². The fourth-order valence-electron chi connectivity index (χ4n) is 2.86. The molecule has 0 heterocycles. The number of benzene rings is 1. The Morgan fingerprint density at radius 3 is 2.78 bits per heavy atom. The fraction of sp³-hybridized carbons (Fsp3) is 0.600. The predicted octanol–water partition coefficient (Wildman–Crippen LogP) is 2.61. The summed E-state index contributed by atoms with van der Waals surface area (Å²) in [5, 5.41) is 0. The van der Waals surface area contributed by atoms with Gasteiger partial charge in [-0.15, -0.1) is 0 Å². The van der Waals surface area contributed by atoms with Gasteiger partial charge in [0.25, 0.3) is 0 Å². The van der Waals surface area contributed by atoms with Crippen LogP contribution in [0.3, 0.4) is 0 Å². The molecule has 3 heteroatoms. The van der Waals surface area contributed by atoms with Crippen molar-refractivity contribution in [2.75, 3.05) is 13.7 Å². The van der Waals surface area contributed by atoms with Gasteiger partial charge < -0.3 is 15.2 Å². The number of aryl methyl sites for hydroxylation is 1. The molecule has 1 unspecified atom stereocenters. The Morgan fingerprint density at radius 2 is 2.17 bits per heavy atom. The SMILES string of the molecule is COc1ccc2c(c1)C(CN)(OC(C)C)CCC2. The molecule has 1 atom stereocenters. The van der Waals surface area contributed by atoms with E-state index in [1.807, 2.05) is 6.07 Å². The molecule has 2 rings (SSSR count). The Bertz CT molecular complexity index is 417. The average molecular weight is 249 g/mol. The third kappa shape index (κ3) is 2.38. The highest BCUT2D eigenvalue weighted by atomic mass is 16.5. The highest BCUT2D eigenvalue weighted by Crippen LogP contribution is 2.40. The number of ether oxygens (including phenoxy) is 2. The number of hydrogen-bond donors (Lipinski definition) is 1. The molecule has 0 spiro atoms. The lowest BCUT2D eigenvalue weighted by Crippen LogP contribution is -2.42. The smallest absolute Gasteiger partial charge is 0.119 e. The van der Waals surface area contributed by atoms with E-state index < -0.39 is 0 Å². The highest BCUT2D eigenvalue weighted by molar-refractivity contribution is 5.41. The molecule has 100 valence electrons. The van der Waals surface area contributed by atoms with Crippen LogP contribution in [0.15, 0.2) is 18.2 Å². The third-order valence-corrected chi connectivity index (χ3v) is 3.63. The van der Waals surface area contributed by atoms with E-state index in [1.165, 1.54) is 11.1 Å². The topological polar surface area (TPSA) is 44.5 Å². The van der Waals surface area contributed by atoms with Gasteiger partial charge in [0, 0.05) is 6.54 Å². The summed E-state index contributed by atoms with van der Waals surface area (Å²) in [7, 11) is 1.69. The molecule has 0 saturated carbocycles. The molecule has 0 saturated heterocycles. The normalized spacial score (nSPS) is 22.9. The van der Waals surface area contributed by atoms with Crippen molar-refractivity contribution < 1.29 is 9.47 Å². The van der Waals surface area contributed by atoms with Gasteiger partial charge in [-0.25, -0.2) is 0 Å². The molecule has 0 fully saturated rings. The predicted molar refractivity (Wildman–Crippen MR) is 72.9 cm³/mol. The number of hydrogen-bond acceptors (Lipinski definition) is 3. The first-order valence-electron chi connectivity index (χ1n) is 6.66. The van der Waals surface area contributed by atoms with Gasteiger partial charge in [0.2, 0.25) is 0 Å². The fourth-order valence-corrected chi connectivity index (χ4v) is 2.86. The average Bonchev–Trinajstić information content (AvgIpc) is 2.38. The van der Waals surface area contributed by atoms with Gasteiger partial charge in [0.15, 0.2) is 0 Å². The lowest BCUT2D eigenvalue weighted by molar-refractivity contribution is -0.0896. The van der Waals surface area contributed by atoms with Crippen molar-refractivity contribution >= 4 is 0 Å². The molecule has 18 heavy (non-hydrogen) atoms. The minimum atomic E-state index is -0.337. The van der Waals surface area contributed by atoms with E-state index in [-0.39, 0.29) is 11.7 Å². The molecule has 1 aromatic carbocycles. The van der Waals surface area contributed by atoms with E-state index in [1.54, 1.807) is 7.11 Å². The summed E-state index contributed by atoms with van der Waals surface area (Å²) in [6.07, 6.45) is 3.39. The number of fused-ring (bicyclic) bond motifs is 1. The Labute approximate surface area is 109 Å². The van der Waals surface area contributed by atoms with Crippen LogP contribution in [0.1, 0.15) is 37.8 Å². The van der Waals surface area contributed by atoms with Gasteiger partial charge in [-0.05, 0) is 56.4 Å². The Kier molecular flexibility index (Phi) is 3.93. The molecule has 0 aliphatic heterocycles.